The molecule has 0 amide bonds. The molecule has 11 aromatic rings. The molecule has 0 aliphatic carbocycles. The summed E-state index contributed by atoms with van der Waals surface area (Å²) in [5.41, 5.74) is 1.37. The number of halogens is 3. The fourth-order valence-electron chi connectivity index (χ4n) is 8.67. The normalized spacial score (nSPS) is 12.3. The van der Waals surface area contributed by atoms with E-state index in [-0.39, 0.29) is 0 Å². The minimum absolute atomic E-state index is 0.450. The van der Waals surface area contributed by atoms with E-state index in [0.717, 1.165) is 86.3 Å². The van der Waals surface area contributed by atoms with Gasteiger partial charge in [0.15, 0.2) is 0 Å². The van der Waals surface area contributed by atoms with Crippen LogP contribution in [0.25, 0.3) is 80.3 Å². The van der Waals surface area contributed by atoms with E-state index in [1.165, 1.54) is 23.5 Å². The summed E-state index contributed by atoms with van der Waals surface area (Å²) in [6.45, 7) is 0. The number of fused-ring (bicyclic) bond motifs is 9. The predicted octanol–water partition coefficient (Wildman–Crippen LogP) is 14.8. The van der Waals surface area contributed by atoms with Crippen LogP contribution in [-0.2, 0) is 10.1 Å². The van der Waals surface area contributed by atoms with Crippen molar-refractivity contribution in [3.05, 3.63) is 188 Å². The first-order chi connectivity index (χ1) is 29.6. The van der Waals surface area contributed by atoms with Gasteiger partial charge in [-0.05, 0) is 82.6 Å². The van der Waals surface area contributed by atoms with Crippen LogP contribution in [0.15, 0.2) is 188 Å². The van der Waals surface area contributed by atoms with Crippen LogP contribution in [0.1, 0.15) is 0 Å². The average Bonchev–Trinajstić information content (AvgIpc) is 3.82. The Hall–Kier alpha value is -7.14. The van der Waals surface area contributed by atoms with E-state index < -0.39 is 21.4 Å². The van der Waals surface area contributed by atoms with E-state index in [1.807, 2.05) is 89.8 Å². The number of anilines is 3. The molecule has 0 radical (unpaired) electrons. The lowest BCUT2D eigenvalue weighted by Crippen LogP contribution is -2.28. The summed E-state index contributed by atoms with van der Waals surface area (Å²) >= 11 is 1.51. The molecule has 2 aromatic heterocycles. The lowest BCUT2D eigenvalue weighted by atomic mass is 9.94. The smallest absolute Gasteiger partial charge is 0.376 e. The first-order valence-electron chi connectivity index (χ1n) is 19.5. The Morgan fingerprint density at radius 2 is 1.10 bits per heavy atom. The zero-order valence-corrected chi connectivity index (χ0v) is 33.6. The standard InChI is InChI=1S/C51H31F3N2O3S2/c52-51(53,54)61(57,58)59-36-29-43-44-31-41(33-26-27-47-42(28-33)39-22-11-12-24-46(39)56(47)45-25-13-15-32-14-7-8-20-37(32)45)38-21-9-10-23-40(38)49(44)60-50(43)48(30-36)55(34-16-3-1-4-17-34)35-18-5-2-6-19-35/h1-31H. The van der Waals surface area contributed by atoms with Gasteiger partial charge in [-0.15, -0.1) is 11.3 Å². The van der Waals surface area contributed by atoms with Crippen molar-refractivity contribution in [3.8, 4) is 22.6 Å². The first-order valence-corrected chi connectivity index (χ1v) is 21.7. The van der Waals surface area contributed by atoms with E-state index >= 15 is 0 Å². The van der Waals surface area contributed by atoms with Gasteiger partial charge in [-0.1, -0.05) is 121 Å². The molecule has 61 heavy (non-hydrogen) atoms. The number of rotatable bonds is 7. The fraction of sp³-hybridized carbons (Fsp3) is 0.0196. The summed E-state index contributed by atoms with van der Waals surface area (Å²) in [5.74, 6) is -0.450. The second-order valence-electron chi connectivity index (χ2n) is 14.8. The van der Waals surface area contributed by atoms with Gasteiger partial charge in [0.05, 0.1) is 27.1 Å². The second kappa shape index (κ2) is 14.0. The molecule has 0 bridgehead atoms. The Morgan fingerprint density at radius 3 is 1.82 bits per heavy atom. The van der Waals surface area contributed by atoms with Gasteiger partial charge < -0.3 is 13.7 Å². The monoisotopic (exact) mass is 840 g/mol. The highest BCUT2D eigenvalue weighted by atomic mass is 32.2. The molecule has 0 fully saturated rings. The van der Waals surface area contributed by atoms with Crippen LogP contribution < -0.4 is 9.08 Å². The van der Waals surface area contributed by atoms with Gasteiger partial charge in [-0.2, -0.15) is 21.6 Å². The van der Waals surface area contributed by atoms with Crippen molar-refractivity contribution in [1.29, 1.82) is 0 Å². The van der Waals surface area contributed by atoms with Crippen molar-refractivity contribution in [2.75, 3.05) is 4.90 Å². The molecular formula is C51H31F3N2O3S2. The number of thiophene rings is 1. The third-order valence-corrected chi connectivity index (χ3v) is 13.5. The highest BCUT2D eigenvalue weighted by Gasteiger charge is 2.48. The first kappa shape index (κ1) is 36.9. The van der Waals surface area contributed by atoms with E-state index in [1.54, 1.807) is 0 Å². The van der Waals surface area contributed by atoms with Crippen molar-refractivity contribution in [2.45, 2.75) is 5.51 Å². The van der Waals surface area contributed by atoms with Gasteiger partial charge in [0.2, 0.25) is 0 Å². The zero-order valence-electron chi connectivity index (χ0n) is 32.0. The van der Waals surface area contributed by atoms with Crippen molar-refractivity contribution < 1.29 is 25.8 Å². The molecule has 0 unspecified atom stereocenters. The van der Waals surface area contributed by atoms with Crippen LogP contribution in [0.3, 0.4) is 0 Å². The Morgan fingerprint density at radius 1 is 0.508 bits per heavy atom. The Labute approximate surface area is 351 Å². The van der Waals surface area contributed by atoms with Gasteiger partial charge >= 0.3 is 15.6 Å². The van der Waals surface area contributed by atoms with Crippen LogP contribution in [0.5, 0.6) is 5.75 Å². The lowest BCUT2D eigenvalue weighted by molar-refractivity contribution is -0.0500. The van der Waals surface area contributed by atoms with Crippen molar-refractivity contribution in [3.63, 3.8) is 0 Å². The molecule has 0 saturated carbocycles. The quantitative estimate of drug-likeness (QED) is 0.118. The molecule has 2 heterocycles. The van der Waals surface area contributed by atoms with E-state index in [9.17, 15) is 21.6 Å². The molecule has 10 heteroatoms. The fourth-order valence-corrected chi connectivity index (χ4v) is 10.4. The summed E-state index contributed by atoms with van der Waals surface area (Å²) in [6.07, 6.45) is 0. The summed E-state index contributed by atoms with van der Waals surface area (Å²) in [7, 11) is -6.00. The molecule has 0 spiro atoms. The van der Waals surface area contributed by atoms with E-state index in [2.05, 4.69) is 95.6 Å². The minimum Gasteiger partial charge on any atom is -0.376 e. The van der Waals surface area contributed by atoms with Gasteiger partial charge in [-0.3, -0.25) is 0 Å². The number of aromatic nitrogens is 1. The second-order valence-corrected chi connectivity index (χ2v) is 17.4. The maximum absolute atomic E-state index is 13.9. The summed E-state index contributed by atoms with van der Waals surface area (Å²) in [5, 5.41) is 7.72. The largest absolute Gasteiger partial charge is 0.534 e. The maximum atomic E-state index is 13.9. The number of nitrogens with zero attached hydrogens (tertiary/aromatic N) is 2. The molecule has 9 aromatic carbocycles. The number of alkyl halides is 3. The molecule has 11 rings (SSSR count). The SMILES string of the molecule is O=S(=O)(Oc1cc(N(c2ccccc2)c2ccccc2)c2sc3c4ccccc4c(-c4ccc5c(c4)c4ccccc4n5-c4cccc5ccccc45)cc3c2c1)C(F)(F)F. The highest BCUT2D eigenvalue weighted by Crippen LogP contribution is 2.50. The number of benzene rings is 9. The van der Waals surface area contributed by atoms with Crippen LogP contribution >= 0.6 is 11.3 Å². The Kier molecular flexibility index (Phi) is 8.45. The number of hydrogen-bond donors (Lipinski definition) is 0. The van der Waals surface area contributed by atoms with E-state index in [4.69, 9.17) is 4.18 Å². The molecule has 296 valence electrons. The van der Waals surface area contributed by atoms with Gasteiger partial charge in [0.1, 0.15) is 5.75 Å². The predicted molar refractivity (Wildman–Crippen MR) is 244 cm³/mol. The molecule has 0 saturated heterocycles. The van der Waals surface area contributed by atoms with Crippen LogP contribution in [0.4, 0.5) is 30.2 Å². The molecule has 0 aliphatic heterocycles. The third kappa shape index (κ3) is 6.01. The van der Waals surface area contributed by atoms with Crippen LogP contribution in [0.2, 0.25) is 0 Å². The molecular weight excluding hydrogens is 810 g/mol. The zero-order chi connectivity index (χ0) is 41.5. The van der Waals surface area contributed by atoms with Gasteiger partial charge in [0, 0.05) is 54.5 Å². The molecule has 0 aliphatic rings. The summed E-state index contributed by atoms with van der Waals surface area (Å²) in [6, 6.07) is 61.4. The summed E-state index contributed by atoms with van der Waals surface area (Å²) in [4.78, 5) is 1.91. The van der Waals surface area contributed by atoms with Crippen molar-refractivity contribution in [1.82, 2.24) is 4.57 Å². The van der Waals surface area contributed by atoms with Gasteiger partial charge in [0.25, 0.3) is 0 Å². The van der Waals surface area contributed by atoms with Crippen molar-refractivity contribution >= 4 is 102 Å². The van der Waals surface area contributed by atoms with Crippen LogP contribution in [0, 0.1) is 0 Å². The lowest BCUT2D eigenvalue weighted by Gasteiger charge is -2.26. The number of para-hydroxylation sites is 3. The van der Waals surface area contributed by atoms with Crippen LogP contribution in [-0.4, -0.2) is 18.5 Å². The third-order valence-electron chi connectivity index (χ3n) is 11.3. The topological polar surface area (TPSA) is 51.5 Å². The van der Waals surface area contributed by atoms with Crippen molar-refractivity contribution in [2.24, 2.45) is 0 Å². The maximum Gasteiger partial charge on any atom is 0.534 e. The molecule has 5 nitrogen and oxygen atoms in total. The molecule has 0 N–H and O–H groups in total. The summed E-state index contributed by atoms with van der Waals surface area (Å²) < 4.78 is 75.7. The van der Waals surface area contributed by atoms with E-state index in [0.29, 0.717) is 11.1 Å². The Balaban J connectivity index is 1.19. The Bertz CT molecular complexity index is 3590. The average molecular weight is 841 g/mol. The molecule has 0 atom stereocenters. The number of hydrogen-bond acceptors (Lipinski definition) is 5. The minimum atomic E-state index is -6.00. The van der Waals surface area contributed by atoms with Gasteiger partial charge in [-0.25, -0.2) is 0 Å². The highest BCUT2D eigenvalue weighted by molar-refractivity contribution is 7.88.